The summed E-state index contributed by atoms with van der Waals surface area (Å²) < 4.78 is 11.4. The number of aromatic nitrogens is 1. The standard InChI is InChI=1S/C28H35N3O3/c1-20-25(24-7-3-4-8-26(24)29-20)15-28(32)31-12-13-34-27-10-9-21(14-23(27)18-31)16-30-11-5-6-22(17-30)19-33-2/h3-4,7-10,14,22,29H,5-6,11-13,15-19H2,1-2H3/t22-/m1/s1. The summed E-state index contributed by atoms with van der Waals surface area (Å²) in [6.07, 6.45) is 2.87. The van der Waals surface area contributed by atoms with Crippen molar-refractivity contribution >= 4 is 16.8 Å². The van der Waals surface area contributed by atoms with Gasteiger partial charge in [0.2, 0.25) is 5.91 Å². The van der Waals surface area contributed by atoms with Gasteiger partial charge in [-0.1, -0.05) is 24.3 Å². The van der Waals surface area contributed by atoms with Gasteiger partial charge in [0.25, 0.3) is 0 Å². The predicted octanol–water partition coefficient (Wildman–Crippen LogP) is 4.30. The van der Waals surface area contributed by atoms with E-state index in [1.54, 1.807) is 7.11 Å². The molecule has 1 atom stereocenters. The van der Waals surface area contributed by atoms with Gasteiger partial charge in [0.15, 0.2) is 0 Å². The number of carbonyl (C=O) groups excluding carboxylic acids is 1. The molecule has 0 unspecified atom stereocenters. The Hall–Kier alpha value is -2.83. The summed E-state index contributed by atoms with van der Waals surface area (Å²) in [5.41, 5.74) is 5.63. The Morgan fingerprint density at radius 2 is 2.09 bits per heavy atom. The number of aromatic amines is 1. The highest BCUT2D eigenvalue weighted by Crippen LogP contribution is 2.28. The molecule has 6 nitrogen and oxygen atoms in total. The fourth-order valence-electron chi connectivity index (χ4n) is 5.51. The zero-order chi connectivity index (χ0) is 23.5. The van der Waals surface area contributed by atoms with Gasteiger partial charge in [0, 0.05) is 48.9 Å². The smallest absolute Gasteiger partial charge is 0.227 e. The molecule has 2 aliphatic heterocycles. The number of methoxy groups -OCH3 is 1. The Labute approximate surface area is 201 Å². The van der Waals surface area contributed by atoms with E-state index >= 15 is 0 Å². The molecular weight excluding hydrogens is 426 g/mol. The Balaban J connectivity index is 1.29. The molecule has 180 valence electrons. The average Bonchev–Trinajstić information content (AvgIpc) is 3.00. The van der Waals surface area contributed by atoms with Crippen LogP contribution < -0.4 is 4.74 Å². The predicted molar refractivity (Wildman–Crippen MR) is 134 cm³/mol. The van der Waals surface area contributed by atoms with E-state index in [0.717, 1.165) is 59.7 Å². The fraction of sp³-hybridized carbons (Fsp3) is 0.464. The molecule has 6 heteroatoms. The monoisotopic (exact) mass is 461 g/mol. The average molecular weight is 462 g/mol. The maximum Gasteiger partial charge on any atom is 0.227 e. The van der Waals surface area contributed by atoms with Crippen LogP contribution in [0.1, 0.15) is 35.2 Å². The summed E-state index contributed by atoms with van der Waals surface area (Å²) in [6.45, 7) is 7.74. The fourth-order valence-corrected chi connectivity index (χ4v) is 5.51. The number of aryl methyl sites for hydroxylation is 1. The van der Waals surface area contributed by atoms with Crippen molar-refractivity contribution in [3.63, 3.8) is 0 Å². The van der Waals surface area contributed by atoms with Gasteiger partial charge in [-0.05, 0) is 61.6 Å². The molecule has 2 aromatic carbocycles. The number of para-hydroxylation sites is 1. The summed E-state index contributed by atoms with van der Waals surface area (Å²) in [6, 6.07) is 14.7. The van der Waals surface area contributed by atoms with Crippen molar-refractivity contribution in [1.82, 2.24) is 14.8 Å². The lowest BCUT2D eigenvalue weighted by Crippen LogP contribution is -2.36. The minimum absolute atomic E-state index is 0.146. The number of carbonyl (C=O) groups is 1. The van der Waals surface area contributed by atoms with Gasteiger partial charge in [-0.25, -0.2) is 0 Å². The lowest BCUT2D eigenvalue weighted by atomic mass is 9.98. The molecule has 5 rings (SSSR count). The first-order valence-electron chi connectivity index (χ1n) is 12.4. The summed E-state index contributed by atoms with van der Waals surface area (Å²) in [4.78, 5) is 21.2. The minimum Gasteiger partial charge on any atom is -0.491 e. The van der Waals surface area contributed by atoms with Crippen LogP contribution in [0, 0.1) is 12.8 Å². The van der Waals surface area contributed by atoms with E-state index < -0.39 is 0 Å². The highest BCUT2D eigenvalue weighted by atomic mass is 16.5. The first-order chi connectivity index (χ1) is 16.6. The molecule has 0 bridgehead atoms. The highest BCUT2D eigenvalue weighted by molar-refractivity contribution is 5.90. The third-order valence-electron chi connectivity index (χ3n) is 7.22. The number of rotatable bonds is 6. The van der Waals surface area contributed by atoms with Crippen molar-refractivity contribution in [1.29, 1.82) is 0 Å². The van der Waals surface area contributed by atoms with E-state index in [0.29, 0.717) is 32.0 Å². The van der Waals surface area contributed by atoms with Crippen molar-refractivity contribution in [3.8, 4) is 5.75 Å². The van der Waals surface area contributed by atoms with Gasteiger partial charge in [-0.15, -0.1) is 0 Å². The number of ether oxygens (including phenoxy) is 2. The number of likely N-dealkylation sites (tertiary alicyclic amines) is 1. The van der Waals surface area contributed by atoms with Crippen molar-refractivity contribution in [3.05, 3.63) is 64.8 Å². The number of nitrogens with one attached hydrogen (secondary N) is 1. The maximum absolute atomic E-state index is 13.4. The highest BCUT2D eigenvalue weighted by Gasteiger charge is 2.24. The zero-order valence-electron chi connectivity index (χ0n) is 20.3. The molecule has 0 saturated carbocycles. The lowest BCUT2D eigenvalue weighted by Gasteiger charge is -2.32. The SMILES string of the molecule is COC[C@@H]1CCCN(Cc2ccc3c(c2)CN(C(=O)Cc2c(C)[nH]c4ccccc24)CCO3)C1. The van der Waals surface area contributed by atoms with E-state index in [9.17, 15) is 4.79 Å². The largest absolute Gasteiger partial charge is 0.491 e. The van der Waals surface area contributed by atoms with Crippen LogP contribution in [0.3, 0.4) is 0 Å². The van der Waals surface area contributed by atoms with E-state index in [1.807, 2.05) is 24.0 Å². The second-order valence-corrected chi connectivity index (χ2v) is 9.76. The first kappa shape index (κ1) is 22.9. The third kappa shape index (κ3) is 4.98. The Kier molecular flexibility index (Phi) is 6.88. The number of nitrogens with zero attached hydrogens (tertiary/aromatic N) is 2. The second kappa shape index (κ2) is 10.2. The van der Waals surface area contributed by atoms with E-state index in [2.05, 4.69) is 40.2 Å². The van der Waals surface area contributed by atoms with Gasteiger partial charge in [-0.3, -0.25) is 9.69 Å². The third-order valence-corrected chi connectivity index (χ3v) is 7.22. The molecule has 3 aromatic rings. The van der Waals surface area contributed by atoms with Crippen LogP contribution in [-0.2, 0) is 29.0 Å². The number of hydrogen-bond donors (Lipinski definition) is 1. The molecule has 1 amide bonds. The molecule has 2 aliphatic rings. The number of benzene rings is 2. The maximum atomic E-state index is 13.4. The Morgan fingerprint density at radius 3 is 2.97 bits per heavy atom. The number of amides is 1. The topological polar surface area (TPSA) is 57.8 Å². The molecule has 1 saturated heterocycles. The summed E-state index contributed by atoms with van der Waals surface area (Å²) in [7, 11) is 1.79. The molecule has 0 spiro atoms. The molecule has 1 aromatic heterocycles. The van der Waals surface area contributed by atoms with Crippen LogP contribution in [0.25, 0.3) is 10.9 Å². The van der Waals surface area contributed by atoms with Crippen LogP contribution in [0.2, 0.25) is 0 Å². The van der Waals surface area contributed by atoms with Gasteiger partial charge in [0.05, 0.1) is 19.6 Å². The number of H-pyrrole nitrogens is 1. The molecule has 0 radical (unpaired) electrons. The van der Waals surface area contributed by atoms with Crippen LogP contribution in [0.5, 0.6) is 5.75 Å². The zero-order valence-corrected chi connectivity index (χ0v) is 20.3. The summed E-state index contributed by atoms with van der Waals surface area (Å²) >= 11 is 0. The van der Waals surface area contributed by atoms with E-state index in [-0.39, 0.29) is 5.91 Å². The van der Waals surface area contributed by atoms with Crippen molar-refractivity contribution in [2.75, 3.05) is 40.0 Å². The van der Waals surface area contributed by atoms with Crippen molar-refractivity contribution < 1.29 is 14.3 Å². The van der Waals surface area contributed by atoms with Crippen LogP contribution >= 0.6 is 0 Å². The van der Waals surface area contributed by atoms with Gasteiger partial charge >= 0.3 is 0 Å². The minimum atomic E-state index is 0.146. The molecule has 1 N–H and O–H groups in total. The molecule has 0 aliphatic carbocycles. The van der Waals surface area contributed by atoms with E-state index in [1.165, 1.54) is 18.4 Å². The normalized spacial score (nSPS) is 19.0. The Morgan fingerprint density at radius 1 is 1.21 bits per heavy atom. The number of piperidine rings is 1. The quantitative estimate of drug-likeness (QED) is 0.595. The van der Waals surface area contributed by atoms with Gasteiger partial charge in [0.1, 0.15) is 12.4 Å². The van der Waals surface area contributed by atoms with Crippen LogP contribution in [-0.4, -0.2) is 60.6 Å². The van der Waals surface area contributed by atoms with Gasteiger partial charge < -0.3 is 19.4 Å². The summed E-state index contributed by atoms with van der Waals surface area (Å²) in [5.74, 6) is 1.66. The molecule has 3 heterocycles. The summed E-state index contributed by atoms with van der Waals surface area (Å²) in [5, 5.41) is 1.13. The Bertz CT molecular complexity index is 1150. The number of fused-ring (bicyclic) bond motifs is 2. The lowest BCUT2D eigenvalue weighted by molar-refractivity contribution is -0.131. The van der Waals surface area contributed by atoms with Gasteiger partial charge in [-0.2, -0.15) is 0 Å². The second-order valence-electron chi connectivity index (χ2n) is 9.76. The first-order valence-corrected chi connectivity index (χ1v) is 12.4. The number of hydrogen-bond acceptors (Lipinski definition) is 4. The van der Waals surface area contributed by atoms with Crippen molar-refractivity contribution in [2.45, 2.75) is 39.3 Å². The van der Waals surface area contributed by atoms with Crippen LogP contribution in [0.4, 0.5) is 0 Å². The van der Waals surface area contributed by atoms with E-state index in [4.69, 9.17) is 9.47 Å². The molecule has 1 fully saturated rings. The molecular formula is C28H35N3O3. The van der Waals surface area contributed by atoms with Crippen LogP contribution in [0.15, 0.2) is 42.5 Å². The molecule has 34 heavy (non-hydrogen) atoms. The van der Waals surface area contributed by atoms with Crippen molar-refractivity contribution in [2.24, 2.45) is 5.92 Å².